The number of nitrogens with zero attached hydrogens (tertiary/aromatic N) is 2. The molecule has 0 saturated carbocycles. The van der Waals surface area contributed by atoms with Crippen LogP contribution in [0.2, 0.25) is 0 Å². The molecule has 0 aliphatic heterocycles. The highest BCUT2D eigenvalue weighted by Gasteiger charge is 2.03. The molecule has 0 aliphatic rings. The summed E-state index contributed by atoms with van der Waals surface area (Å²) in [7, 11) is 1.62. The molecule has 78 valence electrons. The zero-order valence-electron chi connectivity index (χ0n) is 8.01. The Kier molecular flexibility index (Phi) is 3.08. The van der Waals surface area contributed by atoms with Gasteiger partial charge < -0.3 is 10.5 Å². The van der Waals surface area contributed by atoms with Gasteiger partial charge >= 0.3 is 0 Å². The van der Waals surface area contributed by atoms with Crippen molar-refractivity contribution in [2.45, 2.75) is 9.24 Å². The second-order valence-corrected chi connectivity index (χ2v) is 4.85. The van der Waals surface area contributed by atoms with Crippen LogP contribution in [0.5, 0.6) is 5.75 Å². The minimum absolute atomic E-state index is 0.682. The summed E-state index contributed by atoms with van der Waals surface area (Å²) in [4.78, 5) is 5.09. The summed E-state index contributed by atoms with van der Waals surface area (Å²) in [5.41, 5.74) is 6.42. The molecular weight excluding hydrogens is 230 g/mol. The molecule has 6 heteroatoms. The fraction of sp³-hybridized carbons (Fsp3) is 0.111. The lowest BCUT2D eigenvalue weighted by atomic mass is 10.3. The fourth-order valence-corrected chi connectivity index (χ4v) is 2.60. The number of nitrogens with two attached hydrogens (primary N) is 1. The third-order valence-electron chi connectivity index (χ3n) is 1.68. The van der Waals surface area contributed by atoms with Crippen LogP contribution in [0.1, 0.15) is 0 Å². The number of aromatic nitrogens is 2. The van der Waals surface area contributed by atoms with E-state index in [1.165, 1.54) is 29.6 Å². The molecule has 2 N–H and O–H groups in total. The Labute approximate surface area is 95.7 Å². The monoisotopic (exact) mass is 239 g/mol. The van der Waals surface area contributed by atoms with Gasteiger partial charge in [0.15, 0.2) is 4.34 Å². The summed E-state index contributed by atoms with van der Waals surface area (Å²) in [6.07, 6.45) is 1.54. The van der Waals surface area contributed by atoms with Gasteiger partial charge in [-0.25, -0.2) is 4.98 Å². The molecule has 2 rings (SSSR count). The summed E-state index contributed by atoms with van der Waals surface area (Å²) < 4.78 is 9.95. The van der Waals surface area contributed by atoms with Crippen molar-refractivity contribution in [3.05, 3.63) is 24.5 Å². The Bertz CT molecular complexity index is 445. The van der Waals surface area contributed by atoms with Crippen LogP contribution in [-0.2, 0) is 0 Å². The molecule has 0 aliphatic carbocycles. The van der Waals surface area contributed by atoms with Crippen molar-refractivity contribution in [2.75, 3.05) is 12.8 Å². The van der Waals surface area contributed by atoms with Crippen LogP contribution in [-0.4, -0.2) is 16.5 Å². The van der Waals surface area contributed by atoms with Gasteiger partial charge in [0.25, 0.3) is 0 Å². The number of benzene rings is 1. The largest absolute Gasteiger partial charge is 0.497 e. The van der Waals surface area contributed by atoms with Crippen LogP contribution < -0.4 is 10.5 Å². The molecule has 0 saturated heterocycles. The molecule has 1 aromatic heterocycles. The van der Waals surface area contributed by atoms with Crippen molar-refractivity contribution in [1.29, 1.82) is 0 Å². The topological polar surface area (TPSA) is 61.0 Å². The summed E-state index contributed by atoms with van der Waals surface area (Å²) in [5, 5.41) is 0. The molecule has 0 spiro atoms. The van der Waals surface area contributed by atoms with Crippen molar-refractivity contribution in [1.82, 2.24) is 9.36 Å². The smallest absolute Gasteiger partial charge is 0.174 e. The highest BCUT2D eigenvalue weighted by molar-refractivity contribution is 8.01. The normalized spacial score (nSPS) is 10.2. The van der Waals surface area contributed by atoms with E-state index >= 15 is 0 Å². The number of anilines is 1. The Morgan fingerprint density at radius 1 is 1.40 bits per heavy atom. The number of nitrogen functional groups attached to an aromatic ring is 1. The third-order valence-corrected chi connectivity index (χ3v) is 3.37. The van der Waals surface area contributed by atoms with Crippen molar-refractivity contribution in [3.63, 3.8) is 0 Å². The van der Waals surface area contributed by atoms with Crippen molar-refractivity contribution in [3.8, 4) is 5.75 Å². The molecule has 4 nitrogen and oxygen atoms in total. The molecular formula is C9H9N3OS2. The number of methoxy groups -OCH3 is 1. The maximum Gasteiger partial charge on any atom is 0.174 e. The maximum absolute atomic E-state index is 5.74. The Balaban J connectivity index is 2.24. The quantitative estimate of drug-likeness (QED) is 0.833. The van der Waals surface area contributed by atoms with Crippen LogP contribution in [0.25, 0.3) is 0 Å². The number of rotatable bonds is 3. The molecule has 0 unspecified atom stereocenters. The van der Waals surface area contributed by atoms with E-state index in [9.17, 15) is 0 Å². The zero-order valence-corrected chi connectivity index (χ0v) is 9.64. The molecule has 0 atom stereocenters. The van der Waals surface area contributed by atoms with Crippen molar-refractivity contribution >= 4 is 29.0 Å². The van der Waals surface area contributed by atoms with E-state index in [-0.39, 0.29) is 0 Å². The van der Waals surface area contributed by atoms with Crippen LogP contribution in [0.3, 0.4) is 0 Å². The van der Waals surface area contributed by atoms with Gasteiger partial charge in [-0.1, -0.05) is 11.8 Å². The Morgan fingerprint density at radius 3 is 2.93 bits per heavy atom. The average molecular weight is 239 g/mol. The van der Waals surface area contributed by atoms with E-state index in [1.54, 1.807) is 13.2 Å². The van der Waals surface area contributed by atoms with E-state index < -0.39 is 0 Å². The van der Waals surface area contributed by atoms with E-state index in [0.29, 0.717) is 5.69 Å². The van der Waals surface area contributed by atoms with E-state index in [2.05, 4.69) is 9.36 Å². The molecule has 2 aromatic rings. The molecule has 0 amide bonds. The molecule has 1 heterocycles. The predicted molar refractivity (Wildman–Crippen MR) is 61.4 cm³/mol. The van der Waals surface area contributed by atoms with Crippen LogP contribution in [0.15, 0.2) is 33.8 Å². The second-order valence-electron chi connectivity index (χ2n) is 2.75. The van der Waals surface area contributed by atoms with Crippen molar-refractivity contribution < 1.29 is 4.74 Å². The summed E-state index contributed by atoms with van der Waals surface area (Å²) >= 11 is 2.88. The lowest BCUT2D eigenvalue weighted by Crippen LogP contribution is -1.88. The Morgan fingerprint density at radius 2 is 2.27 bits per heavy atom. The lowest BCUT2D eigenvalue weighted by Gasteiger charge is -2.04. The number of hydrogen-bond acceptors (Lipinski definition) is 6. The summed E-state index contributed by atoms with van der Waals surface area (Å²) in [6, 6.07) is 5.58. The van der Waals surface area contributed by atoms with Gasteiger partial charge in [-0.15, -0.1) is 0 Å². The summed E-state index contributed by atoms with van der Waals surface area (Å²) in [6.45, 7) is 0. The summed E-state index contributed by atoms with van der Waals surface area (Å²) in [5.74, 6) is 0.752. The molecule has 1 aromatic carbocycles. The third kappa shape index (κ3) is 2.60. The first-order valence-corrected chi connectivity index (χ1v) is 5.76. The van der Waals surface area contributed by atoms with Gasteiger partial charge in [0.05, 0.1) is 7.11 Å². The molecule has 0 fully saturated rings. The highest BCUT2D eigenvalue weighted by atomic mass is 32.2. The number of hydrogen-bond donors (Lipinski definition) is 1. The van der Waals surface area contributed by atoms with E-state index in [4.69, 9.17) is 10.5 Å². The molecule has 15 heavy (non-hydrogen) atoms. The van der Waals surface area contributed by atoms with Gasteiger partial charge in [0.1, 0.15) is 12.1 Å². The zero-order chi connectivity index (χ0) is 10.7. The van der Waals surface area contributed by atoms with Gasteiger partial charge in [-0.05, 0) is 23.7 Å². The van der Waals surface area contributed by atoms with Crippen molar-refractivity contribution in [2.24, 2.45) is 0 Å². The standard InChI is InChI=1S/C9H9N3OS2/c1-13-7-2-6(10)3-8(4-7)14-9-11-5-12-15-9/h2-5H,10H2,1H3. The number of ether oxygens (including phenoxy) is 1. The van der Waals surface area contributed by atoms with Crippen LogP contribution >= 0.6 is 23.3 Å². The maximum atomic E-state index is 5.74. The first-order chi connectivity index (χ1) is 7.28. The molecule has 0 bridgehead atoms. The van der Waals surface area contributed by atoms with Crippen LogP contribution in [0.4, 0.5) is 5.69 Å². The van der Waals surface area contributed by atoms with Gasteiger partial charge in [-0.3, -0.25) is 0 Å². The van der Waals surface area contributed by atoms with Gasteiger partial charge in [0, 0.05) is 16.6 Å². The van der Waals surface area contributed by atoms with Gasteiger partial charge in [-0.2, -0.15) is 4.37 Å². The first kappa shape index (κ1) is 10.3. The SMILES string of the molecule is COc1cc(N)cc(Sc2ncns2)c1. The second kappa shape index (κ2) is 4.50. The van der Waals surface area contributed by atoms with E-state index in [0.717, 1.165) is 15.0 Å². The average Bonchev–Trinajstić information content (AvgIpc) is 2.69. The van der Waals surface area contributed by atoms with E-state index in [1.807, 2.05) is 12.1 Å². The first-order valence-electron chi connectivity index (χ1n) is 4.17. The lowest BCUT2D eigenvalue weighted by molar-refractivity contribution is 0.414. The predicted octanol–water partition coefficient (Wildman–Crippen LogP) is 2.28. The highest BCUT2D eigenvalue weighted by Crippen LogP contribution is 2.32. The van der Waals surface area contributed by atoms with Gasteiger partial charge in [0.2, 0.25) is 0 Å². The minimum atomic E-state index is 0.682. The fourth-order valence-electron chi connectivity index (χ4n) is 1.08. The van der Waals surface area contributed by atoms with Crippen LogP contribution in [0, 0.1) is 0 Å². The Hall–Kier alpha value is -1.27. The minimum Gasteiger partial charge on any atom is -0.497 e. The molecule has 0 radical (unpaired) electrons.